The van der Waals surface area contributed by atoms with Crippen molar-refractivity contribution in [3.63, 3.8) is 0 Å². The van der Waals surface area contributed by atoms with E-state index in [1.807, 2.05) is 0 Å². The predicted molar refractivity (Wildman–Crippen MR) is 256 cm³/mol. The minimum atomic E-state index is -0.784. The quantitative estimate of drug-likeness (QED) is 0.0263. The number of esters is 3. The summed E-state index contributed by atoms with van der Waals surface area (Å²) in [6.07, 6.45) is 58.0. The van der Waals surface area contributed by atoms with Gasteiger partial charge in [-0.1, -0.05) is 185 Å². The maximum absolute atomic E-state index is 12.8. The van der Waals surface area contributed by atoms with Gasteiger partial charge in [-0.05, 0) is 103 Å². The van der Waals surface area contributed by atoms with Crippen LogP contribution in [0.15, 0.2) is 48.6 Å². The summed E-state index contributed by atoms with van der Waals surface area (Å²) in [6.45, 7) is 6.57. The summed E-state index contributed by atoms with van der Waals surface area (Å²) >= 11 is 0. The Balaban J connectivity index is 4.42. The zero-order chi connectivity index (χ0) is 43.7. The van der Waals surface area contributed by atoms with Crippen LogP contribution in [0.4, 0.5) is 0 Å². The first-order valence-electron chi connectivity index (χ1n) is 25.6. The summed E-state index contributed by atoms with van der Waals surface area (Å²) in [5.41, 5.74) is 0. The number of carbonyl (C=O) groups is 3. The molecule has 0 bridgehead atoms. The van der Waals surface area contributed by atoms with Crippen LogP contribution in [0.1, 0.15) is 258 Å². The second-order valence-corrected chi connectivity index (χ2v) is 17.1. The second-order valence-electron chi connectivity index (χ2n) is 17.1. The lowest BCUT2D eigenvalue weighted by atomic mass is 10.1. The number of unbranched alkanes of at least 4 members (excludes halogenated alkanes) is 27. The van der Waals surface area contributed by atoms with Crippen LogP contribution in [0, 0.1) is 0 Å². The Morgan fingerprint density at radius 3 is 0.983 bits per heavy atom. The van der Waals surface area contributed by atoms with Crippen molar-refractivity contribution < 1.29 is 28.6 Å². The molecule has 1 atom stereocenters. The van der Waals surface area contributed by atoms with Gasteiger partial charge in [0.2, 0.25) is 0 Å². The molecule has 0 spiro atoms. The van der Waals surface area contributed by atoms with E-state index >= 15 is 0 Å². The summed E-state index contributed by atoms with van der Waals surface area (Å²) in [5, 5.41) is 0. The molecule has 0 heterocycles. The molecule has 0 amide bonds. The van der Waals surface area contributed by atoms with E-state index < -0.39 is 6.10 Å². The molecule has 0 unspecified atom stereocenters. The van der Waals surface area contributed by atoms with E-state index in [-0.39, 0.29) is 31.1 Å². The molecular formula is C54H96O6. The number of hydrogen-bond acceptors (Lipinski definition) is 6. The maximum Gasteiger partial charge on any atom is 0.306 e. The van der Waals surface area contributed by atoms with Crippen molar-refractivity contribution >= 4 is 17.9 Å². The monoisotopic (exact) mass is 841 g/mol. The van der Waals surface area contributed by atoms with Crippen LogP contribution in [0.2, 0.25) is 0 Å². The topological polar surface area (TPSA) is 78.9 Å². The molecule has 0 radical (unpaired) electrons. The highest BCUT2D eigenvalue weighted by Gasteiger charge is 2.19. The highest BCUT2D eigenvalue weighted by molar-refractivity contribution is 5.71. The van der Waals surface area contributed by atoms with Gasteiger partial charge in [-0.15, -0.1) is 0 Å². The first-order chi connectivity index (χ1) is 29.5. The summed E-state index contributed by atoms with van der Waals surface area (Å²) in [6, 6.07) is 0. The third kappa shape index (κ3) is 46.4. The summed E-state index contributed by atoms with van der Waals surface area (Å²) in [4.78, 5) is 37.9. The third-order valence-electron chi connectivity index (χ3n) is 11.0. The first-order valence-corrected chi connectivity index (χ1v) is 25.6. The van der Waals surface area contributed by atoms with Crippen LogP contribution in [-0.4, -0.2) is 37.2 Å². The first kappa shape index (κ1) is 57.4. The van der Waals surface area contributed by atoms with Crippen molar-refractivity contribution in [1.29, 1.82) is 0 Å². The number of carbonyl (C=O) groups excluding carboxylic acids is 3. The highest BCUT2D eigenvalue weighted by Crippen LogP contribution is 2.14. The SMILES string of the molecule is CCCCC/C=C\C/C=C\CCCCCCCC(=O)OC[C@@H](COC(=O)CCCCCCC/C=C\CCCCCC)OC(=O)CCCCCCC/C=C\CCCCCCC. The van der Waals surface area contributed by atoms with E-state index in [9.17, 15) is 14.4 Å². The van der Waals surface area contributed by atoms with Crippen molar-refractivity contribution in [3.05, 3.63) is 48.6 Å². The van der Waals surface area contributed by atoms with Gasteiger partial charge < -0.3 is 14.2 Å². The Labute approximate surface area is 371 Å². The van der Waals surface area contributed by atoms with E-state index in [0.29, 0.717) is 19.3 Å². The van der Waals surface area contributed by atoms with Gasteiger partial charge in [0.15, 0.2) is 6.10 Å². The van der Waals surface area contributed by atoms with E-state index in [4.69, 9.17) is 14.2 Å². The molecule has 0 saturated heterocycles. The standard InChI is InChI=1S/C54H96O6/c1-4-7-10-13-16-19-22-25-27-30-32-35-38-41-44-47-53(56)59-50-51(49-58-52(55)46-43-40-37-34-31-28-24-21-18-15-12-9-6-3)60-54(57)48-45-42-39-36-33-29-26-23-20-17-14-11-8-5-2/h16,19,21,23-27,51H,4-15,17-18,20,22,28-50H2,1-3H3/b19-16-,24-21-,26-23-,27-25-/t51-/m1/s1. The van der Waals surface area contributed by atoms with E-state index in [0.717, 1.165) is 96.3 Å². The fraction of sp³-hybridized carbons (Fsp3) is 0.796. The molecular weight excluding hydrogens is 745 g/mol. The maximum atomic E-state index is 12.8. The average Bonchev–Trinajstić information content (AvgIpc) is 3.24. The van der Waals surface area contributed by atoms with Gasteiger partial charge in [-0.25, -0.2) is 0 Å². The highest BCUT2D eigenvalue weighted by atomic mass is 16.6. The Morgan fingerprint density at radius 2 is 0.600 bits per heavy atom. The van der Waals surface area contributed by atoms with E-state index in [1.54, 1.807) is 0 Å². The Morgan fingerprint density at radius 1 is 0.333 bits per heavy atom. The number of ether oxygens (including phenoxy) is 3. The average molecular weight is 841 g/mol. The van der Waals surface area contributed by atoms with Crippen LogP contribution in [0.3, 0.4) is 0 Å². The lowest BCUT2D eigenvalue weighted by molar-refractivity contribution is -0.167. The normalized spacial score (nSPS) is 12.4. The molecule has 0 aromatic heterocycles. The molecule has 0 N–H and O–H groups in total. The molecule has 0 aliphatic carbocycles. The molecule has 6 heteroatoms. The largest absolute Gasteiger partial charge is 0.462 e. The predicted octanol–water partition coefficient (Wildman–Crippen LogP) is 16.7. The van der Waals surface area contributed by atoms with Gasteiger partial charge in [0.1, 0.15) is 13.2 Å². The fourth-order valence-corrected chi connectivity index (χ4v) is 7.11. The lowest BCUT2D eigenvalue weighted by Crippen LogP contribution is -2.30. The Bertz CT molecular complexity index is 1060. The number of hydrogen-bond donors (Lipinski definition) is 0. The van der Waals surface area contributed by atoms with Gasteiger partial charge in [0.25, 0.3) is 0 Å². The van der Waals surface area contributed by atoms with Crippen LogP contribution in [0.5, 0.6) is 0 Å². The molecule has 0 saturated carbocycles. The Hall–Kier alpha value is -2.63. The van der Waals surface area contributed by atoms with Crippen molar-refractivity contribution in [2.45, 2.75) is 264 Å². The minimum absolute atomic E-state index is 0.0847. The second kappa shape index (κ2) is 49.0. The fourth-order valence-electron chi connectivity index (χ4n) is 7.11. The van der Waals surface area contributed by atoms with E-state index in [2.05, 4.69) is 69.4 Å². The van der Waals surface area contributed by atoms with Gasteiger partial charge in [0.05, 0.1) is 0 Å². The van der Waals surface area contributed by atoms with Gasteiger partial charge >= 0.3 is 17.9 Å². The van der Waals surface area contributed by atoms with Crippen molar-refractivity contribution in [2.24, 2.45) is 0 Å². The minimum Gasteiger partial charge on any atom is -0.462 e. The molecule has 0 aromatic rings. The molecule has 6 nitrogen and oxygen atoms in total. The molecule has 0 aliphatic rings. The number of rotatable bonds is 46. The summed E-state index contributed by atoms with van der Waals surface area (Å²) in [7, 11) is 0. The van der Waals surface area contributed by atoms with Crippen LogP contribution < -0.4 is 0 Å². The third-order valence-corrected chi connectivity index (χ3v) is 11.0. The van der Waals surface area contributed by atoms with Gasteiger partial charge in [-0.2, -0.15) is 0 Å². The number of allylic oxidation sites excluding steroid dienone is 8. The Kier molecular flexibility index (Phi) is 46.9. The smallest absolute Gasteiger partial charge is 0.306 e. The zero-order valence-corrected chi connectivity index (χ0v) is 39.7. The van der Waals surface area contributed by atoms with Crippen LogP contribution >= 0.6 is 0 Å². The van der Waals surface area contributed by atoms with Gasteiger partial charge in [-0.3, -0.25) is 14.4 Å². The van der Waals surface area contributed by atoms with Crippen molar-refractivity contribution in [2.75, 3.05) is 13.2 Å². The molecule has 0 fully saturated rings. The lowest BCUT2D eigenvalue weighted by Gasteiger charge is -2.18. The van der Waals surface area contributed by atoms with Crippen molar-refractivity contribution in [1.82, 2.24) is 0 Å². The molecule has 0 rings (SSSR count). The van der Waals surface area contributed by atoms with E-state index in [1.165, 1.54) is 122 Å². The van der Waals surface area contributed by atoms with Gasteiger partial charge in [0, 0.05) is 19.3 Å². The molecule has 348 valence electrons. The summed E-state index contributed by atoms with van der Waals surface area (Å²) < 4.78 is 16.8. The van der Waals surface area contributed by atoms with Crippen LogP contribution in [-0.2, 0) is 28.6 Å². The molecule has 0 aliphatic heterocycles. The zero-order valence-electron chi connectivity index (χ0n) is 39.7. The molecule has 60 heavy (non-hydrogen) atoms. The van der Waals surface area contributed by atoms with Crippen LogP contribution in [0.25, 0.3) is 0 Å². The summed E-state index contributed by atoms with van der Waals surface area (Å²) in [5.74, 6) is -0.910. The van der Waals surface area contributed by atoms with Crippen molar-refractivity contribution in [3.8, 4) is 0 Å². The molecule has 0 aromatic carbocycles.